The van der Waals surface area contributed by atoms with Crippen molar-refractivity contribution in [2.24, 2.45) is 0 Å². The van der Waals surface area contributed by atoms with E-state index in [2.05, 4.69) is 43.0 Å². The van der Waals surface area contributed by atoms with Crippen LogP contribution in [0, 0.1) is 0 Å². The SMILES string of the molecule is CCCCCCCCCCCCCCCN1C=CN(CCCCCCCCC)C1CCCCCCCCCCCCCC. The van der Waals surface area contributed by atoms with Crippen molar-refractivity contribution in [2.75, 3.05) is 13.1 Å². The molecule has 256 valence electrons. The summed E-state index contributed by atoms with van der Waals surface area (Å²) in [7, 11) is 0. The summed E-state index contributed by atoms with van der Waals surface area (Å²) < 4.78 is 0. The highest BCUT2D eigenvalue weighted by Gasteiger charge is 2.24. The second kappa shape index (κ2) is 32.7. The topological polar surface area (TPSA) is 6.48 Å². The zero-order valence-corrected chi connectivity index (χ0v) is 30.4. The first-order valence-electron chi connectivity index (χ1n) is 20.5. The van der Waals surface area contributed by atoms with Crippen molar-refractivity contribution in [3.05, 3.63) is 12.4 Å². The van der Waals surface area contributed by atoms with E-state index in [1.165, 1.54) is 225 Å². The summed E-state index contributed by atoms with van der Waals surface area (Å²) >= 11 is 0. The fourth-order valence-electron chi connectivity index (χ4n) is 7.07. The maximum atomic E-state index is 2.72. The summed E-state index contributed by atoms with van der Waals surface area (Å²) in [6, 6.07) is 0. The van der Waals surface area contributed by atoms with E-state index < -0.39 is 0 Å². The fraction of sp³-hybridized carbons (Fsp3) is 0.951. The third-order valence-corrected chi connectivity index (χ3v) is 10.1. The van der Waals surface area contributed by atoms with Gasteiger partial charge in [0.05, 0.1) is 0 Å². The van der Waals surface area contributed by atoms with Gasteiger partial charge >= 0.3 is 0 Å². The molecule has 0 aliphatic carbocycles. The molecule has 1 aliphatic heterocycles. The highest BCUT2D eigenvalue weighted by Crippen LogP contribution is 2.24. The molecular weight excluding hydrogens is 520 g/mol. The second-order valence-electron chi connectivity index (χ2n) is 14.3. The third-order valence-electron chi connectivity index (χ3n) is 10.1. The van der Waals surface area contributed by atoms with Gasteiger partial charge < -0.3 is 9.80 Å². The molecule has 1 aliphatic rings. The number of nitrogens with zero attached hydrogens (tertiary/aromatic N) is 2. The van der Waals surface area contributed by atoms with E-state index in [0.29, 0.717) is 6.17 Å². The first kappa shape index (κ1) is 40.4. The lowest BCUT2D eigenvalue weighted by molar-refractivity contribution is 0.135. The number of unbranched alkanes of at least 4 members (excludes halogenated alkanes) is 29. The van der Waals surface area contributed by atoms with Crippen LogP contribution in [0.15, 0.2) is 12.4 Å². The second-order valence-corrected chi connectivity index (χ2v) is 14.3. The molecule has 2 nitrogen and oxygen atoms in total. The van der Waals surface area contributed by atoms with Crippen LogP contribution in [0.2, 0.25) is 0 Å². The first-order chi connectivity index (χ1) is 21.3. The molecule has 0 spiro atoms. The summed E-state index contributed by atoms with van der Waals surface area (Å²) in [5.41, 5.74) is 0. The largest absolute Gasteiger partial charge is 0.356 e. The molecule has 1 heterocycles. The predicted octanol–water partition coefficient (Wildman–Crippen LogP) is 14.3. The Morgan fingerprint density at radius 3 is 0.814 bits per heavy atom. The van der Waals surface area contributed by atoms with Gasteiger partial charge in [-0.3, -0.25) is 0 Å². The molecule has 0 aromatic heterocycles. The Labute approximate surface area is 273 Å². The molecule has 43 heavy (non-hydrogen) atoms. The minimum absolute atomic E-state index is 0.639. The molecule has 0 fully saturated rings. The van der Waals surface area contributed by atoms with Gasteiger partial charge in [-0.15, -0.1) is 0 Å². The van der Waals surface area contributed by atoms with Crippen LogP contribution in [0.5, 0.6) is 0 Å². The Bertz CT molecular complexity index is 558. The van der Waals surface area contributed by atoms with Crippen LogP contribution in [0.25, 0.3) is 0 Å². The summed E-state index contributed by atoms with van der Waals surface area (Å²) in [6.45, 7) is 9.48. The number of hydrogen-bond donors (Lipinski definition) is 0. The smallest absolute Gasteiger partial charge is 0.101 e. The molecule has 0 saturated carbocycles. The minimum atomic E-state index is 0.639. The predicted molar refractivity (Wildman–Crippen MR) is 196 cm³/mol. The van der Waals surface area contributed by atoms with Gasteiger partial charge in [0, 0.05) is 25.5 Å². The lowest BCUT2D eigenvalue weighted by atomic mass is 10.0. The molecule has 1 atom stereocenters. The minimum Gasteiger partial charge on any atom is -0.356 e. The molecule has 0 aromatic carbocycles. The van der Waals surface area contributed by atoms with E-state index in [0.717, 1.165) is 0 Å². The van der Waals surface area contributed by atoms with Crippen LogP contribution in [0.4, 0.5) is 0 Å². The van der Waals surface area contributed by atoms with Crippen molar-refractivity contribution >= 4 is 0 Å². The summed E-state index contributed by atoms with van der Waals surface area (Å²) in [5, 5.41) is 0. The van der Waals surface area contributed by atoms with E-state index in [9.17, 15) is 0 Å². The molecule has 0 amide bonds. The third kappa shape index (κ3) is 25.2. The summed E-state index contributed by atoms with van der Waals surface area (Å²) in [4.78, 5) is 5.44. The Hall–Kier alpha value is -0.660. The van der Waals surface area contributed by atoms with E-state index in [1.807, 2.05) is 0 Å². The van der Waals surface area contributed by atoms with Crippen LogP contribution in [-0.4, -0.2) is 29.1 Å². The Balaban J connectivity index is 2.19. The molecule has 0 aromatic rings. The van der Waals surface area contributed by atoms with Gasteiger partial charge in [-0.1, -0.05) is 207 Å². The number of rotatable bonds is 35. The van der Waals surface area contributed by atoms with Crippen LogP contribution in [0.3, 0.4) is 0 Å². The lowest BCUT2D eigenvalue weighted by Gasteiger charge is -2.33. The van der Waals surface area contributed by atoms with E-state index in [1.54, 1.807) is 0 Å². The van der Waals surface area contributed by atoms with Crippen molar-refractivity contribution in [3.63, 3.8) is 0 Å². The molecule has 0 bridgehead atoms. The van der Waals surface area contributed by atoms with E-state index in [-0.39, 0.29) is 0 Å². The molecule has 1 unspecified atom stereocenters. The van der Waals surface area contributed by atoms with Gasteiger partial charge in [-0.2, -0.15) is 0 Å². The molecule has 0 saturated heterocycles. The maximum Gasteiger partial charge on any atom is 0.101 e. The highest BCUT2D eigenvalue weighted by atomic mass is 15.4. The van der Waals surface area contributed by atoms with Crippen molar-refractivity contribution in [2.45, 2.75) is 239 Å². The molecule has 0 N–H and O–H groups in total. The summed E-state index contributed by atoms with van der Waals surface area (Å²) in [6.07, 6.45) is 52.9. The van der Waals surface area contributed by atoms with Gasteiger partial charge in [0.15, 0.2) is 0 Å². The van der Waals surface area contributed by atoms with E-state index in [4.69, 9.17) is 0 Å². The fourth-order valence-corrected chi connectivity index (χ4v) is 7.07. The average molecular weight is 603 g/mol. The zero-order valence-electron chi connectivity index (χ0n) is 30.4. The molecular formula is C41H82N2. The zero-order chi connectivity index (χ0) is 30.9. The summed E-state index contributed by atoms with van der Waals surface area (Å²) in [5.74, 6) is 0. The van der Waals surface area contributed by atoms with Crippen LogP contribution < -0.4 is 0 Å². The Morgan fingerprint density at radius 2 is 0.535 bits per heavy atom. The average Bonchev–Trinajstić information content (AvgIpc) is 3.40. The molecule has 0 radical (unpaired) electrons. The van der Waals surface area contributed by atoms with Gasteiger partial charge in [0.1, 0.15) is 6.17 Å². The quantitative estimate of drug-likeness (QED) is 0.0666. The van der Waals surface area contributed by atoms with Gasteiger partial charge in [-0.05, 0) is 25.7 Å². The molecule has 2 heteroatoms. The highest BCUT2D eigenvalue weighted by molar-refractivity contribution is 4.97. The van der Waals surface area contributed by atoms with Crippen molar-refractivity contribution < 1.29 is 0 Å². The van der Waals surface area contributed by atoms with Crippen LogP contribution in [0.1, 0.15) is 233 Å². The molecule has 1 rings (SSSR count). The first-order valence-corrected chi connectivity index (χ1v) is 20.5. The van der Waals surface area contributed by atoms with Gasteiger partial charge in [-0.25, -0.2) is 0 Å². The maximum absolute atomic E-state index is 2.72. The lowest BCUT2D eigenvalue weighted by Crippen LogP contribution is -2.39. The van der Waals surface area contributed by atoms with Crippen molar-refractivity contribution in [1.29, 1.82) is 0 Å². The van der Waals surface area contributed by atoms with Gasteiger partial charge in [0.25, 0.3) is 0 Å². The van der Waals surface area contributed by atoms with Crippen LogP contribution in [-0.2, 0) is 0 Å². The van der Waals surface area contributed by atoms with E-state index >= 15 is 0 Å². The Kier molecular flexibility index (Phi) is 30.7. The normalized spacial score (nSPS) is 14.9. The van der Waals surface area contributed by atoms with Crippen LogP contribution >= 0.6 is 0 Å². The Morgan fingerprint density at radius 1 is 0.302 bits per heavy atom. The van der Waals surface area contributed by atoms with Gasteiger partial charge in [0.2, 0.25) is 0 Å². The number of hydrogen-bond acceptors (Lipinski definition) is 2. The van der Waals surface area contributed by atoms with Crippen molar-refractivity contribution in [1.82, 2.24) is 9.80 Å². The standard InChI is InChI=1S/C41H82N2/c1-4-7-10-13-16-18-20-22-24-26-29-32-35-38-43-40-39-42(37-34-31-28-15-12-9-6-3)41(43)36-33-30-27-25-23-21-19-17-14-11-8-5-2/h39-41H,4-38H2,1-3H3. The van der Waals surface area contributed by atoms with Crippen molar-refractivity contribution in [3.8, 4) is 0 Å². The monoisotopic (exact) mass is 603 g/mol.